The summed E-state index contributed by atoms with van der Waals surface area (Å²) >= 11 is 7.79. The zero-order valence-electron chi connectivity index (χ0n) is 12.9. The number of hydrogen-bond acceptors (Lipinski definition) is 4. The number of methoxy groups -OCH3 is 1. The van der Waals surface area contributed by atoms with Crippen LogP contribution in [0.2, 0.25) is 5.02 Å². The van der Waals surface area contributed by atoms with Gasteiger partial charge < -0.3 is 15.2 Å². The molecule has 2 N–H and O–H groups in total. The molecule has 6 nitrogen and oxygen atoms in total. The lowest BCUT2D eigenvalue weighted by Crippen LogP contribution is -2.30. The predicted octanol–water partition coefficient (Wildman–Crippen LogP) is 3.76. The van der Waals surface area contributed by atoms with Crippen molar-refractivity contribution in [1.29, 1.82) is 0 Å². The number of imide groups is 1. The maximum absolute atomic E-state index is 12.6. The summed E-state index contributed by atoms with van der Waals surface area (Å²) in [6.07, 6.45) is 1.53. The Bertz CT molecular complexity index is 896. The number of aromatic hydroxyl groups is 1. The molecular formula is C17H12ClIN2O4. The first kappa shape index (κ1) is 17.6. The van der Waals surface area contributed by atoms with Crippen LogP contribution in [-0.4, -0.2) is 24.2 Å². The second-order valence-corrected chi connectivity index (χ2v) is 6.76. The molecule has 0 bridgehead atoms. The maximum Gasteiger partial charge on any atom is 0.333 e. The number of urea groups is 1. The molecule has 0 aromatic heterocycles. The van der Waals surface area contributed by atoms with Crippen molar-refractivity contribution in [2.24, 2.45) is 0 Å². The quantitative estimate of drug-likeness (QED) is 0.407. The third-order valence-corrected chi connectivity index (χ3v) is 4.62. The number of carbonyl (C=O) groups is 2. The van der Waals surface area contributed by atoms with Crippen LogP contribution < -0.4 is 15.0 Å². The summed E-state index contributed by atoms with van der Waals surface area (Å²) < 4.78 is 5.67. The molecule has 2 aromatic carbocycles. The normalized spacial score (nSPS) is 15.6. The lowest BCUT2D eigenvalue weighted by Gasteiger charge is -2.11. The summed E-state index contributed by atoms with van der Waals surface area (Å²) in [6.45, 7) is 0. The number of rotatable bonds is 3. The van der Waals surface area contributed by atoms with Gasteiger partial charge in [-0.2, -0.15) is 0 Å². The van der Waals surface area contributed by atoms with E-state index in [1.54, 1.807) is 36.4 Å². The van der Waals surface area contributed by atoms with Gasteiger partial charge in [0.1, 0.15) is 5.70 Å². The number of anilines is 1. The summed E-state index contributed by atoms with van der Waals surface area (Å²) in [6, 6.07) is 9.10. The van der Waals surface area contributed by atoms with Gasteiger partial charge >= 0.3 is 6.03 Å². The lowest BCUT2D eigenvalue weighted by atomic mass is 10.1. The Hall–Kier alpha value is -2.26. The minimum absolute atomic E-state index is 0.0230. The maximum atomic E-state index is 12.6. The zero-order chi connectivity index (χ0) is 18.1. The Kier molecular flexibility index (Phi) is 4.87. The van der Waals surface area contributed by atoms with E-state index in [1.165, 1.54) is 13.2 Å². The third kappa shape index (κ3) is 3.42. The fourth-order valence-corrected chi connectivity index (χ4v) is 3.11. The number of halogens is 2. The molecule has 3 rings (SSSR count). The van der Waals surface area contributed by atoms with Crippen LogP contribution in [0.25, 0.3) is 6.08 Å². The average molecular weight is 471 g/mol. The fraction of sp³-hybridized carbons (Fsp3) is 0.0588. The van der Waals surface area contributed by atoms with E-state index in [4.69, 9.17) is 16.3 Å². The van der Waals surface area contributed by atoms with Crippen LogP contribution in [0.15, 0.2) is 42.1 Å². The molecule has 2 aromatic rings. The molecule has 0 spiro atoms. The molecule has 8 heteroatoms. The second-order valence-electron chi connectivity index (χ2n) is 5.16. The Morgan fingerprint density at radius 3 is 2.56 bits per heavy atom. The minimum Gasteiger partial charge on any atom is -0.504 e. The molecule has 0 saturated carbocycles. The number of carbonyl (C=O) groups excluding carboxylic acids is 2. The Labute approximate surface area is 162 Å². The van der Waals surface area contributed by atoms with Crippen LogP contribution >= 0.6 is 34.2 Å². The monoisotopic (exact) mass is 470 g/mol. The van der Waals surface area contributed by atoms with Crippen molar-refractivity contribution in [2.75, 3.05) is 12.0 Å². The molecule has 1 saturated heterocycles. The van der Waals surface area contributed by atoms with Crippen LogP contribution in [0.4, 0.5) is 10.5 Å². The van der Waals surface area contributed by atoms with Gasteiger partial charge in [0.05, 0.1) is 16.4 Å². The summed E-state index contributed by atoms with van der Waals surface area (Å²) in [5, 5.41) is 12.9. The van der Waals surface area contributed by atoms with E-state index in [9.17, 15) is 14.7 Å². The topological polar surface area (TPSA) is 78.9 Å². The highest BCUT2D eigenvalue weighted by Crippen LogP contribution is 2.33. The van der Waals surface area contributed by atoms with E-state index in [2.05, 4.69) is 5.32 Å². The third-order valence-electron chi connectivity index (χ3n) is 3.54. The largest absolute Gasteiger partial charge is 0.504 e. The molecule has 0 atom stereocenters. The molecule has 128 valence electrons. The average Bonchev–Trinajstić information content (AvgIpc) is 2.85. The zero-order valence-corrected chi connectivity index (χ0v) is 15.8. The van der Waals surface area contributed by atoms with Crippen molar-refractivity contribution in [3.05, 3.63) is 56.3 Å². The van der Waals surface area contributed by atoms with Crippen LogP contribution in [0.1, 0.15) is 5.56 Å². The molecule has 0 radical (unpaired) electrons. The molecule has 1 aliphatic heterocycles. The SMILES string of the molecule is COc1cc(/C=C2/NC(=O)N(c3ccc(Cl)cc3)C2=O)cc(I)c1O. The summed E-state index contributed by atoms with van der Waals surface area (Å²) in [7, 11) is 1.44. The Morgan fingerprint density at radius 2 is 1.92 bits per heavy atom. The van der Waals surface area contributed by atoms with Crippen LogP contribution in [0.3, 0.4) is 0 Å². The van der Waals surface area contributed by atoms with Gasteiger partial charge in [-0.3, -0.25) is 4.79 Å². The van der Waals surface area contributed by atoms with Crippen molar-refractivity contribution < 1.29 is 19.4 Å². The van der Waals surface area contributed by atoms with E-state index >= 15 is 0 Å². The first-order chi connectivity index (χ1) is 11.9. The first-order valence-corrected chi connectivity index (χ1v) is 8.55. The highest BCUT2D eigenvalue weighted by Gasteiger charge is 2.34. The van der Waals surface area contributed by atoms with Crippen molar-refractivity contribution in [3.8, 4) is 11.5 Å². The molecular weight excluding hydrogens is 459 g/mol. The Balaban J connectivity index is 1.95. The second kappa shape index (κ2) is 6.93. The van der Waals surface area contributed by atoms with E-state index in [0.717, 1.165) is 4.90 Å². The van der Waals surface area contributed by atoms with Gasteiger partial charge in [0.25, 0.3) is 5.91 Å². The van der Waals surface area contributed by atoms with E-state index in [0.29, 0.717) is 19.8 Å². The molecule has 25 heavy (non-hydrogen) atoms. The van der Waals surface area contributed by atoms with Crippen LogP contribution in [-0.2, 0) is 4.79 Å². The number of nitrogens with zero attached hydrogens (tertiary/aromatic N) is 1. The van der Waals surface area contributed by atoms with Crippen LogP contribution in [0.5, 0.6) is 11.5 Å². The van der Waals surface area contributed by atoms with Crippen molar-refractivity contribution in [3.63, 3.8) is 0 Å². The van der Waals surface area contributed by atoms with Gasteiger partial charge in [-0.25, -0.2) is 9.69 Å². The molecule has 1 heterocycles. The summed E-state index contributed by atoms with van der Waals surface area (Å²) in [5.41, 5.74) is 1.16. The van der Waals surface area contributed by atoms with Gasteiger partial charge in [-0.1, -0.05) is 11.6 Å². The Morgan fingerprint density at radius 1 is 1.24 bits per heavy atom. The smallest absolute Gasteiger partial charge is 0.333 e. The highest BCUT2D eigenvalue weighted by molar-refractivity contribution is 14.1. The number of phenolic OH excluding ortho intramolecular Hbond substituents is 1. The molecule has 1 fully saturated rings. The summed E-state index contributed by atoms with van der Waals surface area (Å²) in [5.74, 6) is -0.172. The van der Waals surface area contributed by atoms with Crippen molar-refractivity contribution in [2.45, 2.75) is 0 Å². The van der Waals surface area contributed by atoms with E-state index in [1.807, 2.05) is 22.6 Å². The lowest BCUT2D eigenvalue weighted by molar-refractivity contribution is -0.113. The number of amides is 3. The number of hydrogen-bond donors (Lipinski definition) is 2. The predicted molar refractivity (Wildman–Crippen MR) is 103 cm³/mol. The number of nitrogens with one attached hydrogen (secondary N) is 1. The van der Waals surface area contributed by atoms with Gasteiger partial charge in [0.15, 0.2) is 11.5 Å². The highest BCUT2D eigenvalue weighted by atomic mass is 127. The fourth-order valence-electron chi connectivity index (χ4n) is 2.36. The first-order valence-electron chi connectivity index (χ1n) is 7.10. The molecule has 0 unspecified atom stereocenters. The van der Waals surface area contributed by atoms with Gasteiger partial charge in [0, 0.05) is 5.02 Å². The van der Waals surface area contributed by atoms with Crippen molar-refractivity contribution >= 4 is 57.9 Å². The molecule has 3 amide bonds. The number of benzene rings is 2. The number of phenols is 1. The van der Waals surface area contributed by atoms with Gasteiger partial charge in [-0.15, -0.1) is 0 Å². The van der Waals surface area contributed by atoms with E-state index < -0.39 is 11.9 Å². The molecule has 0 aliphatic carbocycles. The summed E-state index contributed by atoms with van der Waals surface area (Å²) in [4.78, 5) is 25.8. The minimum atomic E-state index is -0.543. The molecule has 1 aliphatic rings. The van der Waals surface area contributed by atoms with Crippen molar-refractivity contribution in [1.82, 2.24) is 5.32 Å². The number of ether oxygens (including phenoxy) is 1. The van der Waals surface area contributed by atoms with Gasteiger partial charge in [-0.05, 0) is 70.6 Å². The standard InChI is InChI=1S/C17H12ClIN2O4/c1-25-14-8-9(6-12(19)15(14)22)7-13-16(23)21(17(24)20-13)11-4-2-10(18)3-5-11/h2-8,22H,1H3,(H,20,24)/b13-7+. The van der Waals surface area contributed by atoms with E-state index in [-0.39, 0.29) is 17.2 Å². The van der Waals surface area contributed by atoms with Crippen LogP contribution in [0, 0.1) is 3.57 Å². The van der Waals surface area contributed by atoms with Gasteiger partial charge in [0.2, 0.25) is 0 Å².